The zero-order valence-electron chi connectivity index (χ0n) is 14.9. The van der Waals surface area contributed by atoms with Gasteiger partial charge in [0.2, 0.25) is 0 Å². The number of benzene rings is 1. The highest BCUT2D eigenvalue weighted by Gasteiger charge is 2.36. The minimum absolute atomic E-state index is 0.231. The van der Waals surface area contributed by atoms with Crippen LogP contribution in [0.2, 0.25) is 5.02 Å². The molecule has 10 heteroatoms. The molecule has 0 bridgehead atoms. The van der Waals surface area contributed by atoms with E-state index in [1.54, 1.807) is 29.9 Å². The van der Waals surface area contributed by atoms with E-state index in [0.717, 1.165) is 5.56 Å². The maximum atomic E-state index is 12.0. The van der Waals surface area contributed by atoms with E-state index in [9.17, 15) is 14.7 Å². The predicted molar refractivity (Wildman–Crippen MR) is 101 cm³/mol. The fourth-order valence-electron chi connectivity index (χ4n) is 3.18. The number of halogens is 1. The van der Waals surface area contributed by atoms with E-state index in [4.69, 9.17) is 16.3 Å². The topological polar surface area (TPSA) is 115 Å². The number of hydrogen-bond donors (Lipinski definition) is 2. The number of nitrogens with one attached hydrogen (secondary N) is 1. The Morgan fingerprint density at radius 3 is 2.79 bits per heavy atom. The summed E-state index contributed by atoms with van der Waals surface area (Å²) in [5.74, 6) is 0. The first kappa shape index (κ1) is 18.6. The Hall–Kier alpha value is -2.75. The van der Waals surface area contributed by atoms with E-state index in [-0.39, 0.29) is 13.0 Å². The van der Waals surface area contributed by atoms with E-state index in [0.29, 0.717) is 16.3 Å². The Balaban J connectivity index is 1.49. The molecule has 3 aromatic rings. The van der Waals surface area contributed by atoms with E-state index in [1.807, 2.05) is 12.1 Å². The molecule has 0 saturated carbocycles. The van der Waals surface area contributed by atoms with Crippen LogP contribution in [0.3, 0.4) is 0 Å². The van der Waals surface area contributed by atoms with Crippen molar-refractivity contribution in [3.63, 3.8) is 0 Å². The number of hydrogen-bond acceptors (Lipinski definition) is 6. The second-order valence-corrected chi connectivity index (χ2v) is 7.18. The van der Waals surface area contributed by atoms with Crippen LogP contribution < -0.4 is 11.2 Å². The molecule has 0 aliphatic carbocycles. The second kappa shape index (κ2) is 7.34. The second-order valence-electron chi connectivity index (χ2n) is 6.74. The Morgan fingerprint density at radius 2 is 2.04 bits per heavy atom. The number of rotatable bonds is 4. The Morgan fingerprint density at radius 1 is 1.29 bits per heavy atom. The van der Waals surface area contributed by atoms with Crippen LogP contribution in [-0.4, -0.2) is 41.9 Å². The molecular weight excluding hydrogens is 386 g/mol. The number of H-pyrrole nitrogens is 1. The van der Waals surface area contributed by atoms with Crippen molar-refractivity contribution in [2.45, 2.75) is 38.3 Å². The number of aromatic amines is 1. The molecule has 4 rings (SSSR count). The number of aromatic nitrogens is 5. The van der Waals surface area contributed by atoms with E-state index in [2.05, 4.69) is 15.3 Å². The molecule has 1 saturated heterocycles. The number of nitrogens with zero attached hydrogens (tertiary/aromatic N) is 4. The average molecular weight is 404 g/mol. The van der Waals surface area contributed by atoms with Crippen molar-refractivity contribution in [1.82, 2.24) is 24.5 Å². The lowest BCUT2D eigenvalue weighted by Gasteiger charge is -2.16. The Kier molecular flexibility index (Phi) is 4.88. The van der Waals surface area contributed by atoms with Gasteiger partial charge in [0.05, 0.1) is 18.8 Å². The van der Waals surface area contributed by atoms with Crippen LogP contribution in [0.25, 0.3) is 11.3 Å². The fraction of sp³-hybridized carbons (Fsp3) is 0.333. The molecule has 2 N–H and O–H groups in total. The van der Waals surface area contributed by atoms with Gasteiger partial charge in [-0.1, -0.05) is 28.9 Å². The van der Waals surface area contributed by atoms with Crippen molar-refractivity contribution in [2.75, 3.05) is 0 Å². The fourth-order valence-corrected chi connectivity index (χ4v) is 3.30. The van der Waals surface area contributed by atoms with Crippen LogP contribution in [0.1, 0.15) is 18.2 Å². The van der Waals surface area contributed by atoms with E-state index >= 15 is 0 Å². The third-order valence-corrected chi connectivity index (χ3v) is 4.96. The van der Waals surface area contributed by atoms with Gasteiger partial charge < -0.3 is 9.84 Å². The summed E-state index contributed by atoms with van der Waals surface area (Å²) in [6.07, 6.45) is 1.41. The lowest BCUT2D eigenvalue weighted by molar-refractivity contribution is -0.0302. The van der Waals surface area contributed by atoms with Gasteiger partial charge in [0.15, 0.2) is 0 Å². The molecule has 0 radical (unpaired) electrons. The molecule has 146 valence electrons. The summed E-state index contributed by atoms with van der Waals surface area (Å²) in [4.78, 5) is 25.8. The van der Waals surface area contributed by atoms with Gasteiger partial charge in [-0.25, -0.2) is 9.48 Å². The Labute approximate surface area is 164 Å². The van der Waals surface area contributed by atoms with Crippen molar-refractivity contribution in [3.05, 3.63) is 68.1 Å². The third-order valence-electron chi connectivity index (χ3n) is 4.71. The third kappa shape index (κ3) is 3.64. The molecule has 1 fully saturated rings. The van der Waals surface area contributed by atoms with E-state index in [1.165, 1.54) is 10.8 Å². The van der Waals surface area contributed by atoms with Crippen LogP contribution >= 0.6 is 11.6 Å². The first-order valence-electron chi connectivity index (χ1n) is 8.72. The smallest absolute Gasteiger partial charge is 0.330 e. The standard InChI is InChI=1S/C18H18ClN5O4/c1-10-7-24(18(27)20-17(10)26)16-6-14(25)15(28-16)9-23-8-13(21-22-23)11-2-4-12(19)5-3-11/h2-5,7-8,14-16,25H,6,9H2,1H3,(H,20,26,27)/t14-,15+,16+/m0/s1. The minimum atomic E-state index is -0.785. The first-order valence-corrected chi connectivity index (χ1v) is 9.10. The molecular formula is C18H18ClN5O4. The van der Waals surface area contributed by atoms with Gasteiger partial charge in [-0.2, -0.15) is 0 Å². The molecule has 0 unspecified atom stereocenters. The van der Waals surface area contributed by atoms with Gasteiger partial charge in [0.25, 0.3) is 5.56 Å². The minimum Gasteiger partial charge on any atom is -0.390 e. The largest absolute Gasteiger partial charge is 0.390 e. The zero-order chi connectivity index (χ0) is 19.8. The Bertz CT molecular complexity index is 1100. The summed E-state index contributed by atoms with van der Waals surface area (Å²) in [6, 6.07) is 7.24. The summed E-state index contributed by atoms with van der Waals surface area (Å²) in [5, 5.41) is 19.2. The normalized spacial score (nSPS) is 21.9. The van der Waals surface area contributed by atoms with Gasteiger partial charge in [0.1, 0.15) is 18.0 Å². The van der Waals surface area contributed by atoms with Crippen molar-refractivity contribution < 1.29 is 9.84 Å². The summed E-state index contributed by atoms with van der Waals surface area (Å²) in [6.45, 7) is 1.88. The highest BCUT2D eigenvalue weighted by atomic mass is 35.5. The zero-order valence-corrected chi connectivity index (χ0v) is 15.7. The molecule has 2 aromatic heterocycles. The predicted octanol–water partition coefficient (Wildman–Crippen LogP) is 1.11. The van der Waals surface area contributed by atoms with Crippen molar-refractivity contribution in [1.29, 1.82) is 0 Å². The van der Waals surface area contributed by atoms with Crippen LogP contribution in [0.4, 0.5) is 0 Å². The molecule has 1 aliphatic rings. The summed E-state index contributed by atoms with van der Waals surface area (Å²) in [7, 11) is 0. The van der Waals surface area contributed by atoms with Crippen LogP contribution in [0.15, 0.2) is 46.2 Å². The van der Waals surface area contributed by atoms with Gasteiger partial charge in [-0.15, -0.1) is 5.10 Å². The molecule has 3 heterocycles. The molecule has 0 amide bonds. The number of ether oxygens (including phenoxy) is 1. The van der Waals surface area contributed by atoms with Gasteiger partial charge in [-0.3, -0.25) is 14.3 Å². The van der Waals surface area contributed by atoms with Gasteiger partial charge >= 0.3 is 5.69 Å². The van der Waals surface area contributed by atoms with Crippen LogP contribution in [0, 0.1) is 6.92 Å². The van der Waals surface area contributed by atoms with Gasteiger partial charge in [0, 0.05) is 28.8 Å². The lowest BCUT2D eigenvalue weighted by atomic mass is 10.1. The quantitative estimate of drug-likeness (QED) is 0.674. The molecule has 28 heavy (non-hydrogen) atoms. The maximum absolute atomic E-state index is 12.0. The maximum Gasteiger partial charge on any atom is 0.330 e. The van der Waals surface area contributed by atoms with Crippen molar-refractivity contribution in [2.24, 2.45) is 0 Å². The molecule has 0 spiro atoms. The van der Waals surface area contributed by atoms with Crippen molar-refractivity contribution in [3.8, 4) is 11.3 Å². The van der Waals surface area contributed by atoms with Crippen molar-refractivity contribution >= 4 is 11.6 Å². The highest BCUT2D eigenvalue weighted by molar-refractivity contribution is 6.30. The van der Waals surface area contributed by atoms with Crippen LogP contribution in [-0.2, 0) is 11.3 Å². The SMILES string of the molecule is Cc1cn([C@H]2C[C@H](O)[C@@H](Cn3cc(-c4ccc(Cl)cc4)nn3)O2)c(=O)[nH]c1=O. The number of aryl methyl sites for hydroxylation is 1. The monoisotopic (exact) mass is 403 g/mol. The summed E-state index contributed by atoms with van der Waals surface area (Å²) in [5.41, 5.74) is 0.933. The van der Waals surface area contributed by atoms with E-state index < -0.39 is 29.7 Å². The molecule has 3 atom stereocenters. The first-order chi connectivity index (χ1) is 13.4. The lowest BCUT2D eigenvalue weighted by Crippen LogP contribution is -2.33. The van der Waals surface area contributed by atoms with Gasteiger partial charge in [-0.05, 0) is 19.1 Å². The summed E-state index contributed by atoms with van der Waals surface area (Å²) >= 11 is 5.90. The molecule has 1 aromatic carbocycles. The number of aliphatic hydroxyl groups is 1. The van der Waals surface area contributed by atoms with Crippen LogP contribution in [0.5, 0.6) is 0 Å². The highest BCUT2D eigenvalue weighted by Crippen LogP contribution is 2.29. The average Bonchev–Trinajstić information content (AvgIpc) is 3.26. The molecule has 9 nitrogen and oxygen atoms in total. The summed E-state index contributed by atoms with van der Waals surface area (Å²) < 4.78 is 8.73. The molecule has 1 aliphatic heterocycles. The number of aliphatic hydroxyl groups excluding tert-OH is 1.